The van der Waals surface area contributed by atoms with E-state index in [1.807, 2.05) is 0 Å². The normalized spacial score (nSPS) is 14.7. The third-order valence-corrected chi connectivity index (χ3v) is 5.89. The Morgan fingerprint density at radius 2 is 1.18 bits per heavy atom. The minimum atomic E-state index is -3.60. The molecule has 4 heteroatoms. The zero-order chi connectivity index (χ0) is 16.8. The highest BCUT2D eigenvalue weighted by Gasteiger charge is 2.12. The van der Waals surface area contributed by atoms with E-state index in [-0.39, 0.29) is 0 Å². The summed E-state index contributed by atoms with van der Waals surface area (Å²) in [6.45, 7) is 8.27. The van der Waals surface area contributed by atoms with E-state index in [0.717, 1.165) is 18.8 Å². The largest absolute Gasteiger partial charge is 0.778 e. The molecule has 0 aromatic carbocycles. The van der Waals surface area contributed by atoms with Crippen molar-refractivity contribution in [2.45, 2.75) is 104 Å². The Morgan fingerprint density at radius 1 is 0.773 bits per heavy atom. The molecule has 0 heterocycles. The van der Waals surface area contributed by atoms with Gasteiger partial charge in [0.2, 0.25) is 0 Å². The molecule has 3 nitrogen and oxygen atoms in total. The third-order valence-electron chi connectivity index (χ3n) is 4.08. The molecule has 0 spiro atoms. The SMILES string of the molecule is CC(C)CCCCCCCCCCCCOP(=O)([O-])C(C)C. The highest BCUT2D eigenvalue weighted by molar-refractivity contribution is 7.52. The molecular weight excluding hydrogens is 295 g/mol. The van der Waals surface area contributed by atoms with Crippen LogP contribution in [0, 0.1) is 5.92 Å². The lowest BCUT2D eigenvalue weighted by Crippen LogP contribution is -2.14. The Hall–Kier alpha value is 0.150. The van der Waals surface area contributed by atoms with Crippen LogP contribution in [0.5, 0.6) is 0 Å². The Balaban J connectivity index is 3.20. The van der Waals surface area contributed by atoms with E-state index in [2.05, 4.69) is 13.8 Å². The molecule has 1 atom stereocenters. The van der Waals surface area contributed by atoms with Crippen molar-refractivity contribution in [2.75, 3.05) is 6.61 Å². The van der Waals surface area contributed by atoms with E-state index in [1.54, 1.807) is 13.8 Å². The van der Waals surface area contributed by atoms with Crippen LogP contribution in [0.3, 0.4) is 0 Å². The highest BCUT2D eigenvalue weighted by atomic mass is 31.2. The second kappa shape index (κ2) is 13.6. The molecule has 0 N–H and O–H groups in total. The predicted octanol–water partition coefficient (Wildman–Crippen LogP) is 5.91. The number of unbranched alkanes of at least 4 members (excludes halogenated alkanes) is 9. The number of hydrogen-bond acceptors (Lipinski definition) is 3. The quantitative estimate of drug-likeness (QED) is 0.276. The van der Waals surface area contributed by atoms with Crippen molar-refractivity contribution in [1.29, 1.82) is 0 Å². The Morgan fingerprint density at radius 3 is 1.59 bits per heavy atom. The lowest BCUT2D eigenvalue weighted by atomic mass is 10.0. The van der Waals surface area contributed by atoms with Crippen molar-refractivity contribution in [3.8, 4) is 0 Å². The van der Waals surface area contributed by atoms with Crippen molar-refractivity contribution < 1.29 is 14.0 Å². The second-order valence-corrected chi connectivity index (χ2v) is 9.56. The lowest BCUT2D eigenvalue weighted by Gasteiger charge is -2.26. The summed E-state index contributed by atoms with van der Waals surface area (Å²) in [5.74, 6) is 0.847. The van der Waals surface area contributed by atoms with Crippen LogP contribution >= 0.6 is 7.60 Å². The van der Waals surface area contributed by atoms with Gasteiger partial charge in [-0.3, -0.25) is 0 Å². The minimum absolute atomic E-state index is 0.356. The molecule has 0 aromatic rings. The molecule has 0 amide bonds. The second-order valence-electron chi connectivity index (χ2n) is 7.18. The summed E-state index contributed by atoms with van der Waals surface area (Å²) < 4.78 is 16.4. The van der Waals surface area contributed by atoms with Gasteiger partial charge in [-0.1, -0.05) is 91.9 Å². The summed E-state index contributed by atoms with van der Waals surface area (Å²) in [5, 5.41) is 0. The van der Waals surface area contributed by atoms with E-state index >= 15 is 0 Å². The lowest BCUT2D eigenvalue weighted by molar-refractivity contribution is -0.200. The van der Waals surface area contributed by atoms with E-state index in [4.69, 9.17) is 4.52 Å². The van der Waals surface area contributed by atoms with Crippen molar-refractivity contribution in [3.63, 3.8) is 0 Å². The Labute approximate surface area is 138 Å². The molecular formula is C18H38O3P-. The molecule has 0 bridgehead atoms. The Kier molecular flexibility index (Phi) is 13.7. The first-order chi connectivity index (χ1) is 10.4. The topological polar surface area (TPSA) is 49.4 Å². The van der Waals surface area contributed by atoms with Crippen LogP contribution in [0.25, 0.3) is 0 Å². The van der Waals surface area contributed by atoms with Crippen molar-refractivity contribution >= 4 is 7.60 Å². The van der Waals surface area contributed by atoms with Gasteiger partial charge < -0.3 is 14.0 Å². The third kappa shape index (κ3) is 13.8. The van der Waals surface area contributed by atoms with Crippen molar-refractivity contribution in [1.82, 2.24) is 0 Å². The number of rotatable bonds is 15. The maximum Gasteiger partial charge on any atom is 0.137 e. The first-order valence-corrected chi connectivity index (χ1v) is 10.9. The van der Waals surface area contributed by atoms with E-state index in [9.17, 15) is 9.46 Å². The van der Waals surface area contributed by atoms with Gasteiger partial charge in [0, 0.05) is 5.66 Å². The molecule has 134 valence electrons. The summed E-state index contributed by atoms with van der Waals surface area (Å²) in [4.78, 5) is 11.5. The van der Waals surface area contributed by atoms with Crippen LogP contribution in [0.4, 0.5) is 0 Å². The number of hydrogen-bond donors (Lipinski definition) is 0. The summed E-state index contributed by atoms with van der Waals surface area (Å²) in [6.07, 6.45) is 14.0. The molecule has 0 rings (SSSR count). The molecule has 0 aliphatic heterocycles. The van der Waals surface area contributed by atoms with Crippen LogP contribution < -0.4 is 4.89 Å². The van der Waals surface area contributed by atoms with Gasteiger partial charge in [0.1, 0.15) is 7.60 Å². The molecule has 1 unspecified atom stereocenters. The van der Waals surface area contributed by atoms with Crippen LogP contribution in [-0.4, -0.2) is 12.3 Å². The van der Waals surface area contributed by atoms with Crippen LogP contribution in [0.1, 0.15) is 98.3 Å². The van der Waals surface area contributed by atoms with Gasteiger partial charge in [0.15, 0.2) is 0 Å². The summed E-state index contributed by atoms with van der Waals surface area (Å²) in [5.41, 5.74) is -0.409. The summed E-state index contributed by atoms with van der Waals surface area (Å²) in [6, 6.07) is 0. The zero-order valence-corrected chi connectivity index (χ0v) is 16.2. The standard InChI is InChI=1S/C18H39O3P/c1-17(2)15-13-11-9-7-5-6-8-10-12-14-16-21-22(19,20)18(3)4/h17-18H,5-16H2,1-4H3,(H,19,20)/p-1. The van der Waals surface area contributed by atoms with E-state index in [0.29, 0.717) is 6.61 Å². The van der Waals surface area contributed by atoms with Gasteiger partial charge >= 0.3 is 0 Å². The molecule has 0 aliphatic rings. The maximum atomic E-state index is 11.5. The van der Waals surface area contributed by atoms with Crippen molar-refractivity contribution in [2.24, 2.45) is 5.92 Å². The van der Waals surface area contributed by atoms with E-state index < -0.39 is 13.3 Å². The molecule has 0 aliphatic carbocycles. The fourth-order valence-electron chi connectivity index (χ4n) is 2.41. The molecule has 22 heavy (non-hydrogen) atoms. The summed E-state index contributed by atoms with van der Waals surface area (Å²) >= 11 is 0. The first-order valence-electron chi connectivity index (χ1n) is 9.31. The fraction of sp³-hybridized carbons (Fsp3) is 1.00. The molecule has 0 radical (unpaired) electrons. The predicted molar refractivity (Wildman–Crippen MR) is 94.3 cm³/mol. The van der Waals surface area contributed by atoms with Gasteiger partial charge in [0.25, 0.3) is 0 Å². The van der Waals surface area contributed by atoms with Gasteiger partial charge in [-0.15, -0.1) is 0 Å². The minimum Gasteiger partial charge on any atom is -0.778 e. The zero-order valence-electron chi connectivity index (χ0n) is 15.3. The van der Waals surface area contributed by atoms with Crippen LogP contribution in [0.15, 0.2) is 0 Å². The van der Waals surface area contributed by atoms with Crippen molar-refractivity contribution in [3.05, 3.63) is 0 Å². The molecule has 0 saturated carbocycles. The Bertz CT molecular complexity index is 290. The van der Waals surface area contributed by atoms with Gasteiger partial charge in [-0.25, -0.2) is 0 Å². The monoisotopic (exact) mass is 333 g/mol. The molecule has 0 aromatic heterocycles. The molecule has 0 fully saturated rings. The van der Waals surface area contributed by atoms with Crippen LogP contribution in [-0.2, 0) is 9.09 Å². The van der Waals surface area contributed by atoms with Gasteiger partial charge in [-0.2, -0.15) is 0 Å². The summed E-state index contributed by atoms with van der Waals surface area (Å²) in [7, 11) is -3.60. The fourth-order valence-corrected chi connectivity index (χ4v) is 3.09. The average Bonchev–Trinajstić information content (AvgIpc) is 2.43. The van der Waals surface area contributed by atoms with E-state index in [1.165, 1.54) is 57.8 Å². The first kappa shape index (κ1) is 22.1. The van der Waals surface area contributed by atoms with Gasteiger partial charge in [-0.05, 0) is 12.3 Å². The van der Waals surface area contributed by atoms with Gasteiger partial charge in [0.05, 0.1) is 6.61 Å². The highest BCUT2D eigenvalue weighted by Crippen LogP contribution is 2.42. The maximum absolute atomic E-state index is 11.5. The smallest absolute Gasteiger partial charge is 0.137 e. The van der Waals surface area contributed by atoms with Crippen LogP contribution in [0.2, 0.25) is 0 Å². The molecule has 0 saturated heterocycles. The average molecular weight is 333 g/mol.